The zero-order valence-corrected chi connectivity index (χ0v) is 8.79. The van der Waals surface area contributed by atoms with Gasteiger partial charge in [0.25, 0.3) is 5.91 Å². The highest BCUT2D eigenvalue weighted by molar-refractivity contribution is 5.96. The lowest BCUT2D eigenvalue weighted by Gasteiger charge is -2.61. The van der Waals surface area contributed by atoms with Gasteiger partial charge in [0.15, 0.2) is 0 Å². The van der Waals surface area contributed by atoms with E-state index in [4.69, 9.17) is 5.73 Å². The number of carbonyl (C=O) groups is 1. The van der Waals surface area contributed by atoms with Crippen molar-refractivity contribution in [3.63, 3.8) is 0 Å². The third-order valence-corrected chi connectivity index (χ3v) is 3.65. The predicted octanol–water partition coefficient (Wildman–Crippen LogP) is 1.69. The van der Waals surface area contributed by atoms with Crippen LogP contribution in [0.5, 0.6) is 0 Å². The molecular formula is C12H13FN2O. The molecule has 0 heterocycles. The van der Waals surface area contributed by atoms with Crippen LogP contribution in [0.2, 0.25) is 0 Å². The van der Waals surface area contributed by atoms with E-state index in [0.717, 1.165) is 25.2 Å². The van der Waals surface area contributed by atoms with Gasteiger partial charge in [0, 0.05) is 11.2 Å². The fourth-order valence-electron chi connectivity index (χ4n) is 2.66. The van der Waals surface area contributed by atoms with E-state index < -0.39 is 5.82 Å². The zero-order chi connectivity index (χ0) is 11.3. The fourth-order valence-corrected chi connectivity index (χ4v) is 2.66. The van der Waals surface area contributed by atoms with E-state index in [1.807, 2.05) is 0 Å². The molecule has 3 fully saturated rings. The van der Waals surface area contributed by atoms with Gasteiger partial charge in [-0.25, -0.2) is 4.39 Å². The van der Waals surface area contributed by atoms with Crippen LogP contribution >= 0.6 is 0 Å². The van der Waals surface area contributed by atoms with Crippen LogP contribution in [0, 0.1) is 11.7 Å². The van der Waals surface area contributed by atoms with Crippen LogP contribution in [0.1, 0.15) is 29.6 Å². The number of hydrogen-bond acceptors (Lipinski definition) is 2. The number of benzene rings is 1. The summed E-state index contributed by atoms with van der Waals surface area (Å²) in [4.78, 5) is 11.8. The Labute approximate surface area is 92.8 Å². The van der Waals surface area contributed by atoms with E-state index in [1.165, 1.54) is 18.2 Å². The van der Waals surface area contributed by atoms with Crippen molar-refractivity contribution in [2.45, 2.75) is 24.8 Å². The molecule has 0 aromatic heterocycles. The second-order valence-electron chi connectivity index (χ2n) is 4.95. The van der Waals surface area contributed by atoms with E-state index in [2.05, 4.69) is 5.32 Å². The van der Waals surface area contributed by atoms with Gasteiger partial charge in [-0.3, -0.25) is 4.79 Å². The van der Waals surface area contributed by atoms with Gasteiger partial charge in [0.05, 0.1) is 5.56 Å². The van der Waals surface area contributed by atoms with Gasteiger partial charge in [-0.1, -0.05) is 0 Å². The van der Waals surface area contributed by atoms with Crippen molar-refractivity contribution in [3.8, 4) is 0 Å². The van der Waals surface area contributed by atoms with Crippen molar-refractivity contribution in [2.24, 2.45) is 5.92 Å². The van der Waals surface area contributed by atoms with E-state index in [-0.39, 0.29) is 17.0 Å². The largest absolute Gasteiger partial charge is 0.399 e. The molecule has 0 radical (unpaired) electrons. The minimum absolute atomic E-state index is 0.0290. The Hall–Kier alpha value is -1.58. The van der Waals surface area contributed by atoms with Crippen LogP contribution in [-0.2, 0) is 0 Å². The van der Waals surface area contributed by atoms with Crippen LogP contribution in [0.15, 0.2) is 18.2 Å². The first-order valence-electron chi connectivity index (χ1n) is 5.46. The van der Waals surface area contributed by atoms with Crippen molar-refractivity contribution < 1.29 is 9.18 Å². The van der Waals surface area contributed by atoms with Crippen molar-refractivity contribution in [3.05, 3.63) is 29.6 Å². The molecule has 1 amide bonds. The minimum atomic E-state index is -0.515. The van der Waals surface area contributed by atoms with E-state index in [0.29, 0.717) is 5.69 Å². The standard InChI is InChI=1S/C12H13FN2O/c13-10-2-1-8(14)3-9(10)11(16)15-12-4-7(5-12)6-12/h1-3,7H,4-6,14H2,(H,15,16). The average molecular weight is 220 g/mol. The number of anilines is 1. The summed E-state index contributed by atoms with van der Waals surface area (Å²) in [6, 6.07) is 4.06. The molecule has 3 saturated carbocycles. The van der Waals surface area contributed by atoms with Gasteiger partial charge in [-0.15, -0.1) is 0 Å². The number of carbonyl (C=O) groups excluding carboxylic acids is 1. The summed E-state index contributed by atoms with van der Waals surface area (Å²) in [5, 5.41) is 2.91. The molecule has 0 saturated heterocycles. The molecule has 16 heavy (non-hydrogen) atoms. The van der Waals surface area contributed by atoms with Crippen LogP contribution in [0.25, 0.3) is 0 Å². The smallest absolute Gasteiger partial charge is 0.254 e. The maximum absolute atomic E-state index is 13.4. The monoisotopic (exact) mass is 220 g/mol. The lowest BCUT2D eigenvalue weighted by Crippen LogP contribution is -2.68. The third kappa shape index (κ3) is 1.29. The highest BCUT2D eigenvalue weighted by Crippen LogP contribution is 2.56. The summed E-state index contributed by atoms with van der Waals surface area (Å²) >= 11 is 0. The summed E-state index contributed by atoms with van der Waals surface area (Å²) in [5.74, 6) is -0.0766. The summed E-state index contributed by atoms with van der Waals surface area (Å²) in [5.41, 5.74) is 5.96. The molecule has 4 heteroatoms. The Bertz CT molecular complexity index is 455. The minimum Gasteiger partial charge on any atom is -0.399 e. The first kappa shape index (κ1) is 9.63. The second-order valence-corrected chi connectivity index (χ2v) is 4.95. The predicted molar refractivity (Wildman–Crippen MR) is 58.4 cm³/mol. The SMILES string of the molecule is Nc1ccc(F)c(C(=O)NC23CC(C2)C3)c1. The molecule has 1 aromatic rings. The molecule has 4 rings (SSSR count). The molecule has 3 aliphatic rings. The number of nitrogen functional groups attached to an aromatic ring is 1. The fraction of sp³-hybridized carbons (Fsp3) is 0.417. The van der Waals surface area contributed by atoms with Crippen molar-refractivity contribution in [1.29, 1.82) is 0 Å². The van der Waals surface area contributed by atoms with E-state index in [1.54, 1.807) is 0 Å². The number of amides is 1. The Morgan fingerprint density at radius 2 is 2.12 bits per heavy atom. The summed E-state index contributed by atoms with van der Waals surface area (Å²) in [6.45, 7) is 0. The number of nitrogens with one attached hydrogen (secondary N) is 1. The van der Waals surface area contributed by atoms with Gasteiger partial charge in [0.2, 0.25) is 0 Å². The number of nitrogens with two attached hydrogens (primary N) is 1. The van der Waals surface area contributed by atoms with Gasteiger partial charge in [-0.05, 0) is 43.4 Å². The highest BCUT2D eigenvalue weighted by atomic mass is 19.1. The number of rotatable bonds is 2. The topological polar surface area (TPSA) is 55.1 Å². The lowest BCUT2D eigenvalue weighted by molar-refractivity contribution is -0.0439. The Kier molecular flexibility index (Phi) is 1.79. The number of halogens is 1. The maximum atomic E-state index is 13.4. The van der Waals surface area contributed by atoms with Gasteiger partial charge in [-0.2, -0.15) is 0 Å². The number of hydrogen-bond donors (Lipinski definition) is 2. The van der Waals surface area contributed by atoms with Crippen LogP contribution < -0.4 is 11.1 Å². The molecule has 84 valence electrons. The molecule has 3 nitrogen and oxygen atoms in total. The normalized spacial score (nSPS) is 30.2. The van der Waals surface area contributed by atoms with Crippen LogP contribution in [0.4, 0.5) is 10.1 Å². The lowest BCUT2D eigenvalue weighted by atomic mass is 9.50. The average Bonchev–Trinajstić information content (AvgIpc) is 2.13. The third-order valence-electron chi connectivity index (χ3n) is 3.65. The van der Waals surface area contributed by atoms with Gasteiger partial charge in [0.1, 0.15) is 5.82 Å². The van der Waals surface area contributed by atoms with Crippen molar-refractivity contribution >= 4 is 11.6 Å². The molecule has 0 unspecified atom stereocenters. The quantitative estimate of drug-likeness (QED) is 0.745. The van der Waals surface area contributed by atoms with Gasteiger partial charge < -0.3 is 11.1 Å². The molecule has 1 aromatic carbocycles. The highest BCUT2D eigenvalue weighted by Gasteiger charge is 2.57. The molecule has 3 aliphatic carbocycles. The van der Waals surface area contributed by atoms with E-state index in [9.17, 15) is 9.18 Å². The Morgan fingerprint density at radius 1 is 1.44 bits per heavy atom. The summed E-state index contributed by atoms with van der Waals surface area (Å²) in [7, 11) is 0. The van der Waals surface area contributed by atoms with Gasteiger partial charge >= 0.3 is 0 Å². The van der Waals surface area contributed by atoms with Crippen LogP contribution in [0.3, 0.4) is 0 Å². The maximum Gasteiger partial charge on any atom is 0.254 e. The molecular weight excluding hydrogens is 207 g/mol. The molecule has 2 bridgehead atoms. The van der Waals surface area contributed by atoms with E-state index >= 15 is 0 Å². The molecule has 0 atom stereocenters. The second kappa shape index (κ2) is 2.97. The summed E-state index contributed by atoms with van der Waals surface area (Å²) in [6.07, 6.45) is 3.13. The molecule has 0 spiro atoms. The van der Waals surface area contributed by atoms with Crippen molar-refractivity contribution in [2.75, 3.05) is 5.73 Å². The molecule has 0 aliphatic heterocycles. The Morgan fingerprint density at radius 3 is 2.69 bits per heavy atom. The zero-order valence-electron chi connectivity index (χ0n) is 8.79. The van der Waals surface area contributed by atoms with Crippen LogP contribution in [-0.4, -0.2) is 11.4 Å². The summed E-state index contributed by atoms with van der Waals surface area (Å²) < 4.78 is 13.4. The van der Waals surface area contributed by atoms with Crippen molar-refractivity contribution in [1.82, 2.24) is 5.32 Å². The first-order chi connectivity index (χ1) is 7.58. The first-order valence-corrected chi connectivity index (χ1v) is 5.46. The Balaban J connectivity index is 1.80. The molecule has 3 N–H and O–H groups in total.